The molecule has 3 rings (SSSR count). The van der Waals surface area contributed by atoms with Crippen molar-refractivity contribution in [3.8, 4) is 0 Å². The summed E-state index contributed by atoms with van der Waals surface area (Å²) in [5.74, 6) is 0.677. The monoisotopic (exact) mass is 304 g/mol. The molecule has 1 aliphatic heterocycles. The number of carbonyl (C=O) groups excluding carboxylic acids is 2. The summed E-state index contributed by atoms with van der Waals surface area (Å²) in [6, 6.07) is 1.62. The van der Waals surface area contributed by atoms with Crippen LogP contribution in [0.4, 0.5) is 0 Å². The van der Waals surface area contributed by atoms with Crippen LogP contribution in [-0.4, -0.2) is 38.3 Å². The Hall–Kier alpha value is -2.02. The van der Waals surface area contributed by atoms with Gasteiger partial charge < -0.3 is 4.90 Å². The molecule has 3 heterocycles. The average Bonchev–Trinajstić information content (AvgIpc) is 3.18. The maximum atomic E-state index is 12.7. The molecular formula is C14H16N4O2S. The third kappa shape index (κ3) is 2.73. The summed E-state index contributed by atoms with van der Waals surface area (Å²) >= 11 is 1.32. The first-order chi connectivity index (χ1) is 10.2. The van der Waals surface area contributed by atoms with E-state index in [0.29, 0.717) is 17.0 Å². The van der Waals surface area contributed by atoms with Crippen LogP contribution in [0, 0.1) is 0 Å². The minimum atomic E-state index is -0.0587. The summed E-state index contributed by atoms with van der Waals surface area (Å²) in [4.78, 5) is 30.7. The van der Waals surface area contributed by atoms with Gasteiger partial charge in [0.15, 0.2) is 5.78 Å². The Morgan fingerprint density at radius 2 is 2.29 bits per heavy atom. The predicted molar refractivity (Wildman–Crippen MR) is 78.3 cm³/mol. The third-order valence-corrected chi connectivity index (χ3v) is 4.65. The van der Waals surface area contributed by atoms with E-state index in [0.717, 1.165) is 25.1 Å². The number of aromatic nitrogens is 3. The maximum absolute atomic E-state index is 12.7. The summed E-state index contributed by atoms with van der Waals surface area (Å²) in [6.45, 7) is 2.21. The molecule has 0 spiro atoms. The fourth-order valence-corrected chi connectivity index (χ4v) is 3.51. The molecule has 0 radical (unpaired) electrons. The predicted octanol–water partition coefficient (Wildman–Crippen LogP) is 2.44. The maximum Gasteiger partial charge on any atom is 0.264 e. The van der Waals surface area contributed by atoms with Gasteiger partial charge >= 0.3 is 0 Å². The third-order valence-electron chi connectivity index (χ3n) is 3.73. The lowest BCUT2D eigenvalue weighted by molar-refractivity contribution is 0.0605. The highest BCUT2D eigenvalue weighted by molar-refractivity contribution is 7.12. The zero-order valence-electron chi connectivity index (χ0n) is 11.7. The van der Waals surface area contributed by atoms with Gasteiger partial charge in [-0.1, -0.05) is 0 Å². The zero-order chi connectivity index (χ0) is 14.8. The number of ketones is 1. The minimum absolute atomic E-state index is 0.0178. The first kappa shape index (κ1) is 13.9. The molecule has 21 heavy (non-hydrogen) atoms. The molecule has 1 fully saturated rings. The van der Waals surface area contributed by atoms with Gasteiger partial charge in [-0.05, 0) is 32.3 Å². The highest BCUT2D eigenvalue weighted by Crippen LogP contribution is 2.31. The van der Waals surface area contributed by atoms with Crippen LogP contribution in [-0.2, 0) is 0 Å². The van der Waals surface area contributed by atoms with E-state index in [2.05, 4.69) is 15.2 Å². The molecule has 2 aromatic heterocycles. The topological polar surface area (TPSA) is 79.0 Å². The fourth-order valence-electron chi connectivity index (χ4n) is 2.61. The lowest BCUT2D eigenvalue weighted by Crippen LogP contribution is -2.38. The normalized spacial score (nSPS) is 18.7. The van der Waals surface area contributed by atoms with Gasteiger partial charge in [0.25, 0.3) is 5.91 Å². The molecule has 7 heteroatoms. The molecule has 6 nitrogen and oxygen atoms in total. The van der Waals surface area contributed by atoms with Gasteiger partial charge in [0.1, 0.15) is 12.2 Å². The largest absolute Gasteiger partial charge is 0.328 e. The van der Waals surface area contributed by atoms with Crippen LogP contribution < -0.4 is 0 Å². The molecule has 1 amide bonds. The summed E-state index contributed by atoms with van der Waals surface area (Å²) in [5.41, 5.74) is 0.594. The number of aromatic amines is 1. The lowest BCUT2D eigenvalue weighted by atomic mass is 10.0. The number of H-pyrrole nitrogens is 1. The Morgan fingerprint density at radius 3 is 2.95 bits per heavy atom. The second-order valence-corrected chi connectivity index (χ2v) is 6.05. The van der Waals surface area contributed by atoms with Crippen molar-refractivity contribution in [2.45, 2.75) is 32.2 Å². The number of nitrogens with one attached hydrogen (secondary N) is 1. The van der Waals surface area contributed by atoms with Crippen molar-refractivity contribution >= 4 is 23.0 Å². The van der Waals surface area contributed by atoms with E-state index in [-0.39, 0.29) is 17.7 Å². The van der Waals surface area contributed by atoms with Crippen LogP contribution in [0.3, 0.4) is 0 Å². The van der Waals surface area contributed by atoms with Crippen molar-refractivity contribution in [1.29, 1.82) is 0 Å². The molecule has 1 atom stereocenters. The molecule has 0 saturated carbocycles. The Balaban J connectivity index is 1.85. The van der Waals surface area contributed by atoms with Crippen LogP contribution in [0.15, 0.2) is 17.8 Å². The molecule has 1 N–H and O–H groups in total. The lowest BCUT2D eigenvalue weighted by Gasteiger charge is -2.34. The highest BCUT2D eigenvalue weighted by Gasteiger charge is 2.31. The summed E-state index contributed by atoms with van der Waals surface area (Å²) in [5, 5.41) is 8.48. The van der Waals surface area contributed by atoms with Crippen molar-refractivity contribution in [2.75, 3.05) is 6.54 Å². The van der Waals surface area contributed by atoms with Crippen molar-refractivity contribution < 1.29 is 9.59 Å². The number of thiophene rings is 1. The second-order valence-electron chi connectivity index (χ2n) is 5.14. The smallest absolute Gasteiger partial charge is 0.264 e. The van der Waals surface area contributed by atoms with Gasteiger partial charge in [0, 0.05) is 17.5 Å². The number of piperidine rings is 1. The van der Waals surface area contributed by atoms with Crippen LogP contribution in [0.5, 0.6) is 0 Å². The Labute approximate surface area is 126 Å². The number of carbonyl (C=O) groups is 2. The molecule has 1 saturated heterocycles. The quantitative estimate of drug-likeness (QED) is 0.883. The second kappa shape index (κ2) is 5.77. The van der Waals surface area contributed by atoms with Gasteiger partial charge in [-0.25, -0.2) is 4.98 Å². The summed E-state index contributed by atoms with van der Waals surface area (Å²) in [6.07, 6.45) is 4.40. The number of hydrogen-bond acceptors (Lipinski definition) is 5. The SMILES string of the molecule is CC(=O)c1csc(C(=O)N2CCCCC2c2ncn[nH]2)c1. The molecular weight excluding hydrogens is 288 g/mol. The standard InChI is InChI=1S/C14H16N4O2S/c1-9(19)10-6-12(21-7-10)14(20)18-5-3-2-4-11(18)13-15-8-16-17-13/h6-8,11H,2-5H2,1H3,(H,15,16,17). The number of amides is 1. The molecule has 0 aliphatic carbocycles. The van der Waals surface area contributed by atoms with E-state index >= 15 is 0 Å². The molecule has 0 bridgehead atoms. The van der Waals surface area contributed by atoms with Crippen molar-refractivity contribution in [2.24, 2.45) is 0 Å². The summed E-state index contributed by atoms with van der Waals surface area (Å²) in [7, 11) is 0. The summed E-state index contributed by atoms with van der Waals surface area (Å²) < 4.78 is 0. The average molecular weight is 304 g/mol. The Morgan fingerprint density at radius 1 is 1.43 bits per heavy atom. The molecule has 1 unspecified atom stereocenters. The van der Waals surface area contributed by atoms with E-state index < -0.39 is 0 Å². The molecule has 2 aromatic rings. The van der Waals surface area contributed by atoms with E-state index in [9.17, 15) is 9.59 Å². The zero-order valence-corrected chi connectivity index (χ0v) is 12.5. The van der Waals surface area contributed by atoms with Crippen molar-refractivity contribution in [3.05, 3.63) is 34.0 Å². The first-order valence-electron chi connectivity index (χ1n) is 6.92. The van der Waals surface area contributed by atoms with E-state index in [1.807, 2.05) is 4.90 Å². The highest BCUT2D eigenvalue weighted by atomic mass is 32.1. The number of rotatable bonds is 3. The number of nitrogens with zero attached hydrogens (tertiary/aromatic N) is 3. The van der Waals surface area contributed by atoms with Crippen LogP contribution in [0.25, 0.3) is 0 Å². The van der Waals surface area contributed by atoms with Crippen LogP contribution >= 0.6 is 11.3 Å². The Kier molecular flexibility index (Phi) is 3.83. The van der Waals surface area contributed by atoms with Gasteiger partial charge in [0.2, 0.25) is 0 Å². The number of likely N-dealkylation sites (tertiary alicyclic amines) is 1. The molecule has 110 valence electrons. The number of hydrogen-bond donors (Lipinski definition) is 1. The minimum Gasteiger partial charge on any atom is -0.328 e. The van der Waals surface area contributed by atoms with Crippen LogP contribution in [0.1, 0.15) is 58.1 Å². The first-order valence-corrected chi connectivity index (χ1v) is 7.80. The van der Waals surface area contributed by atoms with Gasteiger partial charge in [-0.3, -0.25) is 14.7 Å². The Bertz CT molecular complexity index is 650. The van der Waals surface area contributed by atoms with Gasteiger partial charge in [-0.15, -0.1) is 11.3 Å². The van der Waals surface area contributed by atoms with Crippen molar-refractivity contribution in [3.63, 3.8) is 0 Å². The van der Waals surface area contributed by atoms with Gasteiger partial charge in [0.05, 0.1) is 10.9 Å². The fraction of sp³-hybridized carbons (Fsp3) is 0.429. The van der Waals surface area contributed by atoms with E-state index in [1.54, 1.807) is 11.4 Å². The van der Waals surface area contributed by atoms with Gasteiger partial charge in [-0.2, -0.15) is 5.10 Å². The number of Topliss-reactive ketones (excluding diaryl/α,β-unsaturated/α-hetero) is 1. The van der Waals surface area contributed by atoms with Crippen molar-refractivity contribution in [1.82, 2.24) is 20.1 Å². The van der Waals surface area contributed by atoms with E-state index in [4.69, 9.17) is 0 Å². The van der Waals surface area contributed by atoms with E-state index in [1.165, 1.54) is 24.6 Å². The molecule has 1 aliphatic rings. The molecule has 0 aromatic carbocycles. The van der Waals surface area contributed by atoms with Crippen LogP contribution in [0.2, 0.25) is 0 Å².